The Labute approximate surface area is 101 Å². The molecule has 3 nitrogen and oxygen atoms in total. The molecule has 0 spiro atoms. The van der Waals surface area contributed by atoms with E-state index in [9.17, 15) is 0 Å². The van der Waals surface area contributed by atoms with E-state index < -0.39 is 0 Å². The second-order valence-corrected chi connectivity index (χ2v) is 5.74. The maximum atomic E-state index is 6.13. The molecule has 0 radical (unpaired) electrons. The summed E-state index contributed by atoms with van der Waals surface area (Å²) in [6, 6.07) is 3.99. The lowest BCUT2D eigenvalue weighted by Crippen LogP contribution is -2.09. The fourth-order valence-electron chi connectivity index (χ4n) is 1.37. The Bertz CT molecular complexity index is 449. The van der Waals surface area contributed by atoms with Crippen LogP contribution in [0.4, 0.5) is 0 Å². The van der Waals surface area contributed by atoms with Crippen LogP contribution >= 0.6 is 27.3 Å². The van der Waals surface area contributed by atoms with Crippen LogP contribution in [0.1, 0.15) is 23.4 Å². The topological polar surface area (TPSA) is 43.8 Å². The van der Waals surface area contributed by atoms with E-state index in [0.717, 1.165) is 20.8 Å². The Hall–Kier alpha value is -0.650. The molecular formula is C10H12BrN3S. The van der Waals surface area contributed by atoms with E-state index in [1.165, 1.54) is 0 Å². The quantitative estimate of drug-likeness (QED) is 0.943. The van der Waals surface area contributed by atoms with Gasteiger partial charge in [0, 0.05) is 23.2 Å². The van der Waals surface area contributed by atoms with Crippen molar-refractivity contribution in [2.45, 2.75) is 19.5 Å². The van der Waals surface area contributed by atoms with Crippen LogP contribution in [0.2, 0.25) is 0 Å². The van der Waals surface area contributed by atoms with Crippen LogP contribution in [-0.4, -0.2) is 9.78 Å². The average molecular weight is 286 g/mol. The van der Waals surface area contributed by atoms with Gasteiger partial charge in [0.05, 0.1) is 16.0 Å². The van der Waals surface area contributed by atoms with Crippen molar-refractivity contribution in [3.05, 3.63) is 38.8 Å². The minimum absolute atomic E-state index is 0.0680. The van der Waals surface area contributed by atoms with Gasteiger partial charge < -0.3 is 5.73 Å². The van der Waals surface area contributed by atoms with Crippen LogP contribution in [0.15, 0.2) is 28.3 Å². The molecule has 2 rings (SSSR count). The molecule has 0 bridgehead atoms. The Morgan fingerprint density at radius 3 is 2.93 bits per heavy atom. The number of aryl methyl sites for hydroxylation is 1. The third-order valence-electron chi connectivity index (χ3n) is 2.24. The van der Waals surface area contributed by atoms with Crippen molar-refractivity contribution in [3.8, 4) is 0 Å². The standard InChI is InChI=1S/C10H12BrN3S/c1-2-14-6-7(5-13-14)10(12)8-3-4-9(11)15-8/h3-6,10H,2,12H2,1H3. The molecule has 0 aromatic carbocycles. The van der Waals surface area contributed by atoms with Gasteiger partial charge in [-0.3, -0.25) is 4.68 Å². The summed E-state index contributed by atoms with van der Waals surface area (Å²) in [6.45, 7) is 2.94. The van der Waals surface area contributed by atoms with Crippen molar-refractivity contribution >= 4 is 27.3 Å². The Morgan fingerprint density at radius 1 is 1.60 bits per heavy atom. The highest BCUT2D eigenvalue weighted by Crippen LogP contribution is 2.29. The maximum absolute atomic E-state index is 6.13. The van der Waals surface area contributed by atoms with Gasteiger partial charge in [-0.1, -0.05) is 0 Å². The Morgan fingerprint density at radius 2 is 2.40 bits per heavy atom. The lowest BCUT2D eigenvalue weighted by Gasteiger charge is -2.05. The number of aromatic nitrogens is 2. The lowest BCUT2D eigenvalue weighted by atomic mass is 10.1. The van der Waals surface area contributed by atoms with Crippen molar-refractivity contribution in [1.82, 2.24) is 9.78 Å². The molecule has 0 aliphatic heterocycles. The summed E-state index contributed by atoms with van der Waals surface area (Å²) in [5.41, 5.74) is 7.20. The fraction of sp³-hybridized carbons (Fsp3) is 0.300. The van der Waals surface area contributed by atoms with Crippen molar-refractivity contribution in [2.75, 3.05) is 0 Å². The summed E-state index contributed by atoms with van der Waals surface area (Å²) in [5, 5.41) is 4.22. The number of hydrogen-bond acceptors (Lipinski definition) is 3. The molecular weight excluding hydrogens is 274 g/mol. The van der Waals surface area contributed by atoms with E-state index in [1.54, 1.807) is 11.3 Å². The SMILES string of the molecule is CCn1cc(C(N)c2ccc(Br)s2)cn1. The van der Waals surface area contributed by atoms with E-state index in [4.69, 9.17) is 5.73 Å². The van der Waals surface area contributed by atoms with Crippen LogP contribution in [0.3, 0.4) is 0 Å². The van der Waals surface area contributed by atoms with E-state index >= 15 is 0 Å². The van der Waals surface area contributed by atoms with Gasteiger partial charge in [-0.2, -0.15) is 5.10 Å². The van der Waals surface area contributed by atoms with E-state index in [2.05, 4.69) is 28.0 Å². The van der Waals surface area contributed by atoms with Crippen LogP contribution < -0.4 is 5.73 Å². The summed E-state index contributed by atoms with van der Waals surface area (Å²) in [4.78, 5) is 1.15. The molecule has 2 N–H and O–H groups in total. The number of hydrogen-bond donors (Lipinski definition) is 1. The molecule has 2 heterocycles. The predicted molar refractivity (Wildman–Crippen MR) is 66.0 cm³/mol. The molecule has 5 heteroatoms. The molecule has 2 aromatic rings. The summed E-state index contributed by atoms with van der Waals surface area (Å²) >= 11 is 5.10. The first-order valence-electron chi connectivity index (χ1n) is 4.74. The molecule has 0 aliphatic carbocycles. The minimum atomic E-state index is -0.0680. The van der Waals surface area contributed by atoms with Gasteiger partial charge in [0.1, 0.15) is 0 Å². The van der Waals surface area contributed by atoms with Crippen LogP contribution in [0.25, 0.3) is 0 Å². The zero-order valence-corrected chi connectivity index (χ0v) is 10.8. The highest BCUT2D eigenvalue weighted by Gasteiger charge is 2.12. The molecule has 0 saturated heterocycles. The number of rotatable bonds is 3. The zero-order chi connectivity index (χ0) is 10.8. The molecule has 2 aromatic heterocycles. The predicted octanol–water partition coefficient (Wildman–Crippen LogP) is 2.78. The van der Waals surface area contributed by atoms with Gasteiger partial charge in [-0.05, 0) is 35.0 Å². The summed E-state index contributed by atoms with van der Waals surface area (Å²) < 4.78 is 2.99. The monoisotopic (exact) mass is 285 g/mol. The van der Waals surface area contributed by atoms with E-state index in [-0.39, 0.29) is 6.04 Å². The normalized spacial score (nSPS) is 13.0. The number of halogens is 1. The number of nitrogens with two attached hydrogens (primary N) is 1. The molecule has 15 heavy (non-hydrogen) atoms. The average Bonchev–Trinajstić information content (AvgIpc) is 2.84. The van der Waals surface area contributed by atoms with Gasteiger partial charge in [-0.15, -0.1) is 11.3 Å². The molecule has 1 atom stereocenters. The first-order valence-corrected chi connectivity index (χ1v) is 6.35. The van der Waals surface area contributed by atoms with Crippen LogP contribution in [0, 0.1) is 0 Å². The molecule has 0 amide bonds. The van der Waals surface area contributed by atoms with Gasteiger partial charge in [0.25, 0.3) is 0 Å². The summed E-state index contributed by atoms with van der Waals surface area (Å²) in [5.74, 6) is 0. The van der Waals surface area contributed by atoms with Crippen molar-refractivity contribution in [1.29, 1.82) is 0 Å². The van der Waals surface area contributed by atoms with Crippen molar-refractivity contribution in [3.63, 3.8) is 0 Å². The molecule has 0 saturated carbocycles. The Kier molecular flexibility index (Phi) is 3.23. The number of nitrogens with zero attached hydrogens (tertiary/aromatic N) is 2. The van der Waals surface area contributed by atoms with E-state index in [1.807, 2.05) is 29.2 Å². The highest BCUT2D eigenvalue weighted by atomic mass is 79.9. The largest absolute Gasteiger partial charge is 0.320 e. The third kappa shape index (κ3) is 2.30. The first-order chi connectivity index (χ1) is 7.20. The lowest BCUT2D eigenvalue weighted by molar-refractivity contribution is 0.658. The number of thiophene rings is 1. The smallest absolute Gasteiger partial charge is 0.0702 e. The molecule has 0 aliphatic rings. The molecule has 0 fully saturated rings. The third-order valence-corrected chi connectivity index (χ3v) is 3.94. The van der Waals surface area contributed by atoms with Gasteiger partial charge >= 0.3 is 0 Å². The second-order valence-electron chi connectivity index (χ2n) is 3.25. The highest BCUT2D eigenvalue weighted by molar-refractivity contribution is 9.11. The van der Waals surface area contributed by atoms with Gasteiger partial charge in [0.15, 0.2) is 0 Å². The zero-order valence-electron chi connectivity index (χ0n) is 8.35. The van der Waals surface area contributed by atoms with Crippen LogP contribution in [-0.2, 0) is 6.54 Å². The summed E-state index contributed by atoms with van der Waals surface area (Å²) in [6.07, 6.45) is 3.83. The second kappa shape index (κ2) is 4.47. The van der Waals surface area contributed by atoms with E-state index in [0.29, 0.717) is 0 Å². The molecule has 1 unspecified atom stereocenters. The van der Waals surface area contributed by atoms with Crippen molar-refractivity contribution < 1.29 is 0 Å². The fourth-order valence-corrected chi connectivity index (χ4v) is 2.83. The van der Waals surface area contributed by atoms with Crippen molar-refractivity contribution in [2.24, 2.45) is 5.73 Å². The minimum Gasteiger partial charge on any atom is -0.320 e. The maximum Gasteiger partial charge on any atom is 0.0702 e. The summed E-state index contributed by atoms with van der Waals surface area (Å²) in [7, 11) is 0. The van der Waals surface area contributed by atoms with Gasteiger partial charge in [0.2, 0.25) is 0 Å². The van der Waals surface area contributed by atoms with Gasteiger partial charge in [-0.25, -0.2) is 0 Å². The van der Waals surface area contributed by atoms with Crippen LogP contribution in [0.5, 0.6) is 0 Å². The molecule has 80 valence electrons. The Balaban J connectivity index is 2.23. The first kappa shape index (κ1) is 10.9.